The van der Waals surface area contributed by atoms with Crippen LogP contribution in [0, 0.1) is 0 Å². The van der Waals surface area contributed by atoms with Crippen LogP contribution in [0.2, 0.25) is 0 Å². The summed E-state index contributed by atoms with van der Waals surface area (Å²) in [5.74, 6) is 0.386. The molecule has 0 aliphatic rings. The van der Waals surface area contributed by atoms with E-state index >= 15 is 0 Å². The average molecular weight is 325 g/mol. The molecule has 3 rings (SSSR count). The molecule has 0 aliphatic carbocycles. The molecule has 0 radical (unpaired) electrons. The number of amides is 1. The third-order valence-electron chi connectivity index (χ3n) is 3.74. The van der Waals surface area contributed by atoms with Crippen molar-refractivity contribution in [3.63, 3.8) is 0 Å². The molecule has 118 valence electrons. The summed E-state index contributed by atoms with van der Waals surface area (Å²) in [6, 6.07) is 10.1. The summed E-state index contributed by atoms with van der Waals surface area (Å²) in [7, 11) is 0. The molecule has 0 N–H and O–H groups in total. The Bertz CT molecular complexity index is 827. The maximum Gasteiger partial charge on any atom is 0.225 e. The maximum absolute atomic E-state index is 12.1. The first-order valence-electron chi connectivity index (χ1n) is 7.62. The number of fused-ring (bicyclic) bond motifs is 1. The Morgan fingerprint density at radius 1 is 1.26 bits per heavy atom. The Hall–Kier alpha value is -2.27. The molecule has 2 heterocycles. The van der Waals surface area contributed by atoms with E-state index in [1.54, 1.807) is 35.6 Å². The molecule has 1 aromatic carbocycles. The second-order valence-corrected chi connectivity index (χ2v) is 6.82. The van der Waals surface area contributed by atoms with Crippen molar-refractivity contribution in [1.29, 1.82) is 0 Å². The lowest BCUT2D eigenvalue weighted by Gasteiger charge is -2.17. The van der Waals surface area contributed by atoms with Crippen molar-refractivity contribution in [2.75, 3.05) is 4.90 Å². The molecule has 0 spiro atoms. The number of carbonyl (C=O) groups is 1. The highest BCUT2D eigenvalue weighted by molar-refractivity contribution is 7.22. The molecule has 0 unspecified atom stereocenters. The number of carbonyl (C=O) groups excluding carboxylic acids is 1. The number of thiazole rings is 1. The summed E-state index contributed by atoms with van der Waals surface area (Å²) >= 11 is 1.56. The van der Waals surface area contributed by atoms with Crippen LogP contribution in [0.15, 0.2) is 42.7 Å². The van der Waals surface area contributed by atoms with Crippen LogP contribution in [-0.4, -0.2) is 15.9 Å². The highest BCUT2D eigenvalue weighted by Gasteiger charge is 2.18. The van der Waals surface area contributed by atoms with Gasteiger partial charge in [-0.2, -0.15) is 0 Å². The average Bonchev–Trinajstić information content (AvgIpc) is 2.96. The van der Waals surface area contributed by atoms with E-state index in [-0.39, 0.29) is 5.91 Å². The normalized spacial score (nSPS) is 11.1. The highest BCUT2D eigenvalue weighted by atomic mass is 32.1. The van der Waals surface area contributed by atoms with E-state index in [2.05, 4.69) is 37.0 Å². The molecule has 23 heavy (non-hydrogen) atoms. The molecular weight excluding hydrogens is 306 g/mol. The monoisotopic (exact) mass is 325 g/mol. The van der Waals surface area contributed by atoms with Gasteiger partial charge in [-0.1, -0.05) is 43.4 Å². The summed E-state index contributed by atoms with van der Waals surface area (Å²) < 4.78 is 1.11. The van der Waals surface area contributed by atoms with Crippen LogP contribution in [0.3, 0.4) is 0 Å². The summed E-state index contributed by atoms with van der Waals surface area (Å²) in [5.41, 5.74) is 3.21. The van der Waals surface area contributed by atoms with Gasteiger partial charge in [0, 0.05) is 19.3 Å². The van der Waals surface area contributed by atoms with Gasteiger partial charge in [-0.15, -0.1) is 0 Å². The third kappa shape index (κ3) is 3.24. The van der Waals surface area contributed by atoms with Crippen LogP contribution >= 0.6 is 11.3 Å². The first-order valence-corrected chi connectivity index (χ1v) is 8.44. The number of nitrogens with zero attached hydrogens (tertiary/aromatic N) is 3. The maximum atomic E-state index is 12.1. The predicted molar refractivity (Wildman–Crippen MR) is 94.8 cm³/mol. The van der Waals surface area contributed by atoms with Gasteiger partial charge in [0.1, 0.15) is 0 Å². The standard InChI is InChI=1S/C18H19N3OS/c1-12(2)15-7-4-8-16-17(15)20-18(23-16)21(13(3)22)11-14-6-5-9-19-10-14/h4-10,12H,11H2,1-3H3. The molecule has 2 aromatic heterocycles. The van der Waals surface area contributed by atoms with Gasteiger partial charge in [-0.25, -0.2) is 4.98 Å². The quantitative estimate of drug-likeness (QED) is 0.715. The minimum Gasteiger partial charge on any atom is -0.284 e. The Labute approximate surface area is 139 Å². The van der Waals surface area contributed by atoms with Gasteiger partial charge in [0.15, 0.2) is 5.13 Å². The number of hydrogen-bond acceptors (Lipinski definition) is 4. The van der Waals surface area contributed by atoms with Gasteiger partial charge >= 0.3 is 0 Å². The molecule has 0 atom stereocenters. The fourth-order valence-electron chi connectivity index (χ4n) is 2.53. The summed E-state index contributed by atoms with van der Waals surface area (Å²) in [6.07, 6.45) is 3.51. The molecule has 0 saturated heterocycles. The Balaban J connectivity index is 2.02. The van der Waals surface area contributed by atoms with Gasteiger partial charge in [0.05, 0.1) is 16.8 Å². The highest BCUT2D eigenvalue weighted by Crippen LogP contribution is 2.34. The van der Waals surface area contributed by atoms with Crippen LogP contribution in [0.4, 0.5) is 5.13 Å². The van der Waals surface area contributed by atoms with Crippen LogP contribution in [0.25, 0.3) is 10.2 Å². The van der Waals surface area contributed by atoms with Crippen molar-refractivity contribution in [1.82, 2.24) is 9.97 Å². The summed E-state index contributed by atoms with van der Waals surface area (Å²) in [4.78, 5) is 22.7. The number of hydrogen-bond donors (Lipinski definition) is 0. The SMILES string of the molecule is CC(=O)N(Cc1cccnc1)c1nc2c(C(C)C)cccc2s1. The number of benzene rings is 1. The van der Waals surface area contributed by atoms with Gasteiger partial charge < -0.3 is 0 Å². The minimum atomic E-state index is -0.0148. The van der Waals surface area contributed by atoms with E-state index in [9.17, 15) is 4.79 Å². The zero-order valence-corrected chi connectivity index (χ0v) is 14.3. The van der Waals surface area contributed by atoms with E-state index in [4.69, 9.17) is 4.98 Å². The first-order chi connectivity index (χ1) is 11.1. The Kier molecular flexibility index (Phi) is 4.39. The minimum absolute atomic E-state index is 0.0148. The summed E-state index contributed by atoms with van der Waals surface area (Å²) in [6.45, 7) is 6.38. The van der Waals surface area contributed by atoms with Gasteiger partial charge in [-0.3, -0.25) is 14.7 Å². The molecular formula is C18H19N3OS. The van der Waals surface area contributed by atoms with Crippen LogP contribution in [-0.2, 0) is 11.3 Å². The molecule has 0 aliphatic heterocycles. The van der Waals surface area contributed by atoms with Crippen LogP contribution < -0.4 is 4.90 Å². The fourth-order valence-corrected chi connectivity index (χ4v) is 3.57. The Morgan fingerprint density at radius 2 is 2.09 bits per heavy atom. The number of rotatable bonds is 4. The van der Waals surface area contributed by atoms with Crippen molar-refractivity contribution in [3.05, 3.63) is 53.9 Å². The topological polar surface area (TPSA) is 46.1 Å². The largest absolute Gasteiger partial charge is 0.284 e. The third-order valence-corrected chi connectivity index (χ3v) is 4.78. The van der Waals surface area contributed by atoms with Crippen LogP contribution in [0.5, 0.6) is 0 Å². The van der Waals surface area contributed by atoms with Crippen LogP contribution in [0.1, 0.15) is 37.8 Å². The van der Waals surface area contributed by atoms with Crippen molar-refractivity contribution >= 4 is 32.6 Å². The van der Waals surface area contributed by atoms with E-state index in [0.29, 0.717) is 12.5 Å². The lowest BCUT2D eigenvalue weighted by atomic mass is 10.0. The van der Waals surface area contributed by atoms with Crippen molar-refractivity contribution in [3.8, 4) is 0 Å². The smallest absolute Gasteiger partial charge is 0.225 e. The second kappa shape index (κ2) is 6.46. The van der Waals surface area contributed by atoms with Crippen molar-refractivity contribution in [2.45, 2.75) is 33.2 Å². The molecule has 3 aromatic rings. The zero-order valence-electron chi connectivity index (χ0n) is 13.5. The van der Waals surface area contributed by atoms with Crippen molar-refractivity contribution < 1.29 is 4.79 Å². The summed E-state index contributed by atoms with van der Waals surface area (Å²) in [5, 5.41) is 0.740. The molecule has 0 fully saturated rings. The molecule has 0 bridgehead atoms. The number of anilines is 1. The molecule has 4 nitrogen and oxygen atoms in total. The van der Waals surface area contributed by atoms with E-state index in [1.807, 2.05) is 12.1 Å². The van der Waals surface area contributed by atoms with Crippen molar-refractivity contribution in [2.24, 2.45) is 0 Å². The predicted octanol–water partition coefficient (Wildman–Crippen LogP) is 4.37. The lowest BCUT2D eigenvalue weighted by molar-refractivity contribution is -0.116. The van der Waals surface area contributed by atoms with Gasteiger partial charge in [-0.05, 0) is 29.2 Å². The Morgan fingerprint density at radius 3 is 2.74 bits per heavy atom. The molecule has 5 heteroatoms. The lowest BCUT2D eigenvalue weighted by Crippen LogP contribution is -2.27. The molecule has 1 amide bonds. The first kappa shape index (κ1) is 15.6. The molecule has 0 saturated carbocycles. The number of pyridine rings is 1. The second-order valence-electron chi connectivity index (χ2n) is 5.81. The van der Waals surface area contributed by atoms with E-state index in [0.717, 1.165) is 20.9 Å². The van der Waals surface area contributed by atoms with E-state index < -0.39 is 0 Å². The zero-order chi connectivity index (χ0) is 16.4. The van der Waals surface area contributed by atoms with Gasteiger partial charge in [0.25, 0.3) is 0 Å². The number of para-hydroxylation sites is 1. The number of aromatic nitrogens is 2. The fraction of sp³-hybridized carbons (Fsp3) is 0.278. The van der Waals surface area contributed by atoms with E-state index in [1.165, 1.54) is 5.56 Å². The van der Waals surface area contributed by atoms with Gasteiger partial charge in [0.2, 0.25) is 5.91 Å².